The zero-order valence-corrected chi connectivity index (χ0v) is 6.39. The van der Waals surface area contributed by atoms with Crippen molar-refractivity contribution in [3.05, 3.63) is 0 Å². The molecule has 0 fully saturated rings. The molecule has 0 aromatic heterocycles. The summed E-state index contributed by atoms with van der Waals surface area (Å²) in [5, 5.41) is 0. The second kappa shape index (κ2) is 6.04. The Kier molecular flexibility index (Phi) is 5.98. The van der Waals surface area contributed by atoms with Gasteiger partial charge in [0.1, 0.15) is 0 Å². The van der Waals surface area contributed by atoms with E-state index in [0.717, 1.165) is 19.3 Å². The highest BCUT2D eigenvalue weighted by Gasteiger charge is 1.86. The van der Waals surface area contributed by atoms with E-state index in [2.05, 4.69) is 11.1 Å². The third-order valence-corrected chi connectivity index (χ3v) is 1.34. The fraction of sp³-hybridized carbons (Fsp3) is 1.00. The van der Waals surface area contributed by atoms with E-state index in [9.17, 15) is 8.42 Å². The lowest BCUT2D eigenvalue weighted by Crippen LogP contribution is -1.90. The molecule has 9 heavy (non-hydrogen) atoms. The molecule has 0 amide bonds. The minimum atomic E-state index is -2.62. The molecule has 4 heteroatoms. The molecule has 0 aliphatic carbocycles. The summed E-state index contributed by atoms with van der Waals surface area (Å²) in [6.45, 7) is 2.39. The average molecular weight is 152 g/mol. The van der Waals surface area contributed by atoms with Gasteiger partial charge in [-0.05, 0) is 6.42 Å². The summed E-state index contributed by atoms with van der Waals surface area (Å²) in [6.07, 6.45) is 2.95. The SMILES string of the molecule is CCCCCO[SH](=O)=O. The van der Waals surface area contributed by atoms with E-state index >= 15 is 0 Å². The molecule has 0 heterocycles. The molecule has 0 aromatic carbocycles. The van der Waals surface area contributed by atoms with E-state index in [4.69, 9.17) is 0 Å². The van der Waals surface area contributed by atoms with Crippen LogP contribution in [-0.4, -0.2) is 15.0 Å². The topological polar surface area (TPSA) is 43.4 Å². The Morgan fingerprint density at radius 1 is 1.33 bits per heavy atom. The Labute approximate surface area is 57.2 Å². The molecular formula is C5H12O3S. The maximum absolute atomic E-state index is 9.78. The molecule has 0 atom stereocenters. The van der Waals surface area contributed by atoms with E-state index in [-0.39, 0.29) is 0 Å². The van der Waals surface area contributed by atoms with E-state index in [0.29, 0.717) is 6.61 Å². The molecule has 0 unspecified atom stereocenters. The summed E-state index contributed by atoms with van der Waals surface area (Å²) in [5.74, 6) is 0. The summed E-state index contributed by atoms with van der Waals surface area (Å²) in [6, 6.07) is 0. The van der Waals surface area contributed by atoms with Crippen LogP contribution in [0.25, 0.3) is 0 Å². The van der Waals surface area contributed by atoms with Crippen LogP contribution in [0.15, 0.2) is 0 Å². The van der Waals surface area contributed by atoms with Crippen LogP contribution in [-0.2, 0) is 15.2 Å². The van der Waals surface area contributed by atoms with Gasteiger partial charge in [-0.25, -0.2) is 8.42 Å². The highest BCUT2D eigenvalue weighted by Crippen LogP contribution is 1.93. The number of hydrogen-bond acceptors (Lipinski definition) is 3. The standard InChI is InChI=1S/C5H12O3S/c1-2-3-4-5-8-9(6)7/h9H,2-5H2,1H3. The van der Waals surface area contributed by atoms with Gasteiger partial charge in [0.2, 0.25) is 0 Å². The minimum Gasteiger partial charge on any atom is -0.272 e. The van der Waals surface area contributed by atoms with Crippen molar-refractivity contribution in [3.8, 4) is 0 Å². The van der Waals surface area contributed by atoms with Gasteiger partial charge in [0.05, 0.1) is 6.61 Å². The molecule has 0 aliphatic heterocycles. The van der Waals surface area contributed by atoms with Gasteiger partial charge in [0.25, 0.3) is 11.0 Å². The van der Waals surface area contributed by atoms with Gasteiger partial charge in [-0.2, -0.15) is 0 Å². The lowest BCUT2D eigenvalue weighted by atomic mass is 10.3. The van der Waals surface area contributed by atoms with Gasteiger partial charge in [-0.1, -0.05) is 19.8 Å². The van der Waals surface area contributed by atoms with Gasteiger partial charge in [-0.3, -0.25) is 4.18 Å². The van der Waals surface area contributed by atoms with Crippen molar-refractivity contribution in [1.82, 2.24) is 0 Å². The number of unbranched alkanes of at least 4 members (excludes halogenated alkanes) is 2. The van der Waals surface area contributed by atoms with Crippen LogP contribution in [0.1, 0.15) is 26.2 Å². The Morgan fingerprint density at radius 2 is 2.00 bits per heavy atom. The maximum Gasteiger partial charge on any atom is 0.257 e. The molecule has 0 saturated carbocycles. The molecule has 0 aliphatic rings. The molecule has 0 bridgehead atoms. The van der Waals surface area contributed by atoms with Crippen molar-refractivity contribution < 1.29 is 12.6 Å². The molecule has 0 saturated heterocycles. The van der Waals surface area contributed by atoms with Crippen molar-refractivity contribution in [3.63, 3.8) is 0 Å². The van der Waals surface area contributed by atoms with Gasteiger partial charge in [0.15, 0.2) is 0 Å². The quantitative estimate of drug-likeness (QED) is 0.466. The lowest BCUT2D eigenvalue weighted by molar-refractivity contribution is 0.322. The number of hydrogen-bond donors (Lipinski definition) is 1. The molecule has 0 aromatic rings. The number of thiol groups is 1. The van der Waals surface area contributed by atoms with Crippen molar-refractivity contribution in [2.45, 2.75) is 26.2 Å². The second-order valence-corrected chi connectivity index (χ2v) is 2.47. The Balaban J connectivity index is 2.92. The van der Waals surface area contributed by atoms with Crippen LogP contribution in [0, 0.1) is 0 Å². The summed E-state index contributed by atoms with van der Waals surface area (Å²) in [7, 11) is -2.62. The van der Waals surface area contributed by atoms with Crippen LogP contribution in [0.3, 0.4) is 0 Å². The highest BCUT2D eigenvalue weighted by molar-refractivity contribution is 7.67. The first-order valence-electron chi connectivity index (χ1n) is 3.04. The molecule has 56 valence electrons. The zero-order valence-electron chi connectivity index (χ0n) is 5.50. The largest absolute Gasteiger partial charge is 0.272 e. The van der Waals surface area contributed by atoms with Crippen molar-refractivity contribution >= 4 is 11.0 Å². The monoisotopic (exact) mass is 152 g/mol. The van der Waals surface area contributed by atoms with Gasteiger partial charge >= 0.3 is 0 Å². The Morgan fingerprint density at radius 3 is 2.44 bits per heavy atom. The fourth-order valence-corrected chi connectivity index (χ4v) is 0.769. The summed E-state index contributed by atoms with van der Waals surface area (Å²) >= 11 is 0. The molecule has 0 spiro atoms. The third kappa shape index (κ3) is 7.91. The molecular weight excluding hydrogens is 140 g/mol. The fourth-order valence-electron chi connectivity index (χ4n) is 0.491. The van der Waals surface area contributed by atoms with Gasteiger partial charge < -0.3 is 0 Å². The van der Waals surface area contributed by atoms with Crippen molar-refractivity contribution in [2.24, 2.45) is 0 Å². The van der Waals surface area contributed by atoms with Crippen molar-refractivity contribution in [2.75, 3.05) is 6.61 Å². The van der Waals surface area contributed by atoms with Crippen LogP contribution in [0.4, 0.5) is 0 Å². The number of rotatable bonds is 5. The van der Waals surface area contributed by atoms with E-state index in [1.54, 1.807) is 0 Å². The Bertz CT molecular complexity index is 111. The molecule has 0 N–H and O–H groups in total. The summed E-state index contributed by atoms with van der Waals surface area (Å²) < 4.78 is 23.9. The Hall–Kier alpha value is -0.0900. The second-order valence-electron chi connectivity index (χ2n) is 1.76. The van der Waals surface area contributed by atoms with Crippen LogP contribution in [0.2, 0.25) is 0 Å². The summed E-state index contributed by atoms with van der Waals surface area (Å²) in [4.78, 5) is 0. The average Bonchev–Trinajstić information content (AvgIpc) is 1.80. The third-order valence-electron chi connectivity index (χ3n) is 0.945. The first-order chi connectivity index (χ1) is 4.27. The van der Waals surface area contributed by atoms with E-state index < -0.39 is 11.0 Å². The smallest absolute Gasteiger partial charge is 0.257 e. The normalized spacial score (nSPS) is 10.4. The zero-order chi connectivity index (χ0) is 7.11. The summed E-state index contributed by atoms with van der Waals surface area (Å²) in [5.41, 5.74) is 0. The predicted octanol–water partition coefficient (Wildman–Crippen LogP) is 0.720. The first-order valence-corrected chi connectivity index (χ1v) is 4.14. The predicted molar refractivity (Wildman–Crippen MR) is 35.8 cm³/mol. The molecule has 0 radical (unpaired) electrons. The highest BCUT2D eigenvalue weighted by atomic mass is 32.2. The molecule has 0 rings (SSSR count). The van der Waals surface area contributed by atoms with E-state index in [1.165, 1.54) is 0 Å². The van der Waals surface area contributed by atoms with Crippen LogP contribution in [0.5, 0.6) is 0 Å². The van der Waals surface area contributed by atoms with E-state index in [1.807, 2.05) is 0 Å². The van der Waals surface area contributed by atoms with Gasteiger partial charge in [-0.15, -0.1) is 0 Å². The first kappa shape index (κ1) is 8.91. The molecule has 3 nitrogen and oxygen atoms in total. The van der Waals surface area contributed by atoms with Crippen LogP contribution < -0.4 is 0 Å². The van der Waals surface area contributed by atoms with Crippen LogP contribution >= 0.6 is 0 Å². The lowest BCUT2D eigenvalue weighted by Gasteiger charge is -1.92. The van der Waals surface area contributed by atoms with Crippen molar-refractivity contribution in [1.29, 1.82) is 0 Å². The maximum atomic E-state index is 9.78. The minimum absolute atomic E-state index is 0.340. The van der Waals surface area contributed by atoms with Gasteiger partial charge in [0, 0.05) is 0 Å².